The quantitative estimate of drug-likeness (QED) is 0.364. The van der Waals surface area contributed by atoms with E-state index in [9.17, 15) is 0 Å². The van der Waals surface area contributed by atoms with E-state index in [0.717, 1.165) is 11.6 Å². The summed E-state index contributed by atoms with van der Waals surface area (Å²) in [7, 11) is 1.99. The Morgan fingerprint density at radius 2 is 2.11 bits per heavy atom. The average Bonchev–Trinajstić information content (AvgIpc) is 2.88. The fraction of sp³-hybridized carbons (Fsp3) is 0.500. The average molecular weight is 246 g/mol. The van der Waals surface area contributed by atoms with Crippen molar-refractivity contribution in [1.29, 1.82) is 0 Å². The molecule has 0 aliphatic heterocycles. The van der Waals surface area contributed by atoms with Crippen molar-refractivity contribution in [3.63, 3.8) is 0 Å². The molecule has 1 saturated carbocycles. The molecule has 0 unspecified atom stereocenters. The summed E-state index contributed by atoms with van der Waals surface area (Å²) >= 11 is 0. The van der Waals surface area contributed by atoms with E-state index in [0.29, 0.717) is 6.04 Å². The Kier molecular flexibility index (Phi) is 4.20. The van der Waals surface area contributed by atoms with Gasteiger partial charge in [0.1, 0.15) is 0 Å². The van der Waals surface area contributed by atoms with E-state index >= 15 is 0 Å². The molecule has 1 aromatic carbocycles. The molecule has 0 atom stereocenters. The van der Waals surface area contributed by atoms with Crippen LogP contribution in [0.15, 0.2) is 29.3 Å². The standard InChI is InChI=1S/C14H22N4/c1-11-6-5-9-13(10-11)18(2)14(17-15)16-12-7-3-4-8-12/h5-6,9-10,12H,3-4,7-8,15H2,1-2H3,(H,16,17). The number of guanidine groups is 1. The predicted molar refractivity (Wildman–Crippen MR) is 76.6 cm³/mol. The highest BCUT2D eigenvalue weighted by Crippen LogP contribution is 2.22. The Morgan fingerprint density at radius 1 is 1.39 bits per heavy atom. The second-order valence-corrected chi connectivity index (χ2v) is 4.93. The normalized spacial score (nSPS) is 16.9. The van der Waals surface area contributed by atoms with Gasteiger partial charge in [0.05, 0.1) is 6.04 Å². The number of benzene rings is 1. The number of hydrogen-bond acceptors (Lipinski definition) is 2. The van der Waals surface area contributed by atoms with Crippen molar-refractivity contribution in [1.82, 2.24) is 5.43 Å². The first-order valence-electron chi connectivity index (χ1n) is 6.55. The maximum atomic E-state index is 5.60. The first-order valence-corrected chi connectivity index (χ1v) is 6.55. The third kappa shape index (κ3) is 3.01. The van der Waals surface area contributed by atoms with Gasteiger partial charge in [0.2, 0.25) is 5.96 Å². The van der Waals surface area contributed by atoms with Crippen molar-refractivity contribution in [3.05, 3.63) is 29.8 Å². The van der Waals surface area contributed by atoms with E-state index in [2.05, 4.69) is 30.5 Å². The molecule has 0 aromatic heterocycles. The summed E-state index contributed by atoms with van der Waals surface area (Å²) in [4.78, 5) is 6.71. The Hall–Kier alpha value is -1.55. The van der Waals surface area contributed by atoms with E-state index < -0.39 is 0 Å². The van der Waals surface area contributed by atoms with E-state index in [4.69, 9.17) is 10.8 Å². The number of nitrogens with one attached hydrogen (secondary N) is 1. The molecule has 0 bridgehead atoms. The minimum absolute atomic E-state index is 0.420. The lowest BCUT2D eigenvalue weighted by Gasteiger charge is -2.22. The number of anilines is 1. The monoisotopic (exact) mass is 246 g/mol. The van der Waals surface area contributed by atoms with Gasteiger partial charge in [-0.25, -0.2) is 10.8 Å². The van der Waals surface area contributed by atoms with Crippen LogP contribution in [-0.2, 0) is 0 Å². The number of rotatable bonds is 2. The van der Waals surface area contributed by atoms with E-state index in [1.165, 1.54) is 31.2 Å². The molecule has 0 heterocycles. The smallest absolute Gasteiger partial charge is 0.212 e. The third-order valence-electron chi connectivity index (χ3n) is 3.47. The summed E-state index contributed by atoms with van der Waals surface area (Å²) in [5.74, 6) is 6.35. The van der Waals surface area contributed by atoms with Gasteiger partial charge in [-0.05, 0) is 37.5 Å². The highest BCUT2D eigenvalue weighted by Gasteiger charge is 2.16. The van der Waals surface area contributed by atoms with Gasteiger partial charge in [0, 0.05) is 12.7 Å². The van der Waals surface area contributed by atoms with Gasteiger partial charge in [0.25, 0.3) is 0 Å². The zero-order chi connectivity index (χ0) is 13.0. The molecule has 4 nitrogen and oxygen atoms in total. The van der Waals surface area contributed by atoms with Gasteiger partial charge in [0.15, 0.2) is 0 Å². The van der Waals surface area contributed by atoms with Gasteiger partial charge >= 0.3 is 0 Å². The molecule has 0 spiro atoms. The molecule has 1 aromatic rings. The van der Waals surface area contributed by atoms with E-state index in [-0.39, 0.29) is 0 Å². The fourth-order valence-corrected chi connectivity index (χ4v) is 2.39. The maximum Gasteiger partial charge on any atom is 0.212 e. The molecule has 4 heteroatoms. The van der Waals surface area contributed by atoms with Crippen LogP contribution in [0.1, 0.15) is 31.2 Å². The SMILES string of the molecule is Cc1cccc(N(C)C(=NC2CCCC2)NN)c1. The molecular formula is C14H22N4. The summed E-state index contributed by atoms with van der Waals surface area (Å²) in [6, 6.07) is 8.74. The van der Waals surface area contributed by atoms with Gasteiger partial charge in [-0.15, -0.1) is 0 Å². The number of aliphatic imine (C=N–C) groups is 1. The van der Waals surface area contributed by atoms with Crippen molar-refractivity contribution in [3.8, 4) is 0 Å². The summed E-state index contributed by atoms with van der Waals surface area (Å²) in [5, 5.41) is 0. The molecule has 0 radical (unpaired) electrons. The van der Waals surface area contributed by atoms with Crippen molar-refractivity contribution in [2.75, 3.05) is 11.9 Å². The van der Waals surface area contributed by atoms with Crippen molar-refractivity contribution in [2.24, 2.45) is 10.8 Å². The number of hydrogen-bond donors (Lipinski definition) is 2. The highest BCUT2D eigenvalue weighted by molar-refractivity contribution is 5.95. The summed E-state index contributed by atoms with van der Waals surface area (Å²) in [6.07, 6.45) is 4.90. The molecule has 18 heavy (non-hydrogen) atoms. The van der Waals surface area contributed by atoms with Crippen molar-refractivity contribution in [2.45, 2.75) is 38.6 Å². The van der Waals surface area contributed by atoms with E-state index in [1.807, 2.05) is 18.0 Å². The lowest BCUT2D eigenvalue weighted by Crippen LogP contribution is -2.43. The third-order valence-corrected chi connectivity index (χ3v) is 3.47. The number of nitrogens with two attached hydrogens (primary N) is 1. The zero-order valence-electron chi connectivity index (χ0n) is 11.2. The Morgan fingerprint density at radius 3 is 2.72 bits per heavy atom. The lowest BCUT2D eigenvalue weighted by atomic mass is 10.2. The number of hydrazine groups is 1. The van der Waals surface area contributed by atoms with Gasteiger partial charge in [-0.3, -0.25) is 5.43 Å². The molecule has 0 amide bonds. The second kappa shape index (κ2) is 5.87. The molecule has 1 aliphatic carbocycles. The topological polar surface area (TPSA) is 53.6 Å². The minimum atomic E-state index is 0.420. The summed E-state index contributed by atoms with van der Waals surface area (Å²) in [6.45, 7) is 2.08. The van der Waals surface area contributed by atoms with Gasteiger partial charge in [-0.1, -0.05) is 25.0 Å². The van der Waals surface area contributed by atoms with Crippen LogP contribution in [0.2, 0.25) is 0 Å². The Balaban J connectivity index is 2.16. The molecule has 1 fully saturated rings. The summed E-state index contributed by atoms with van der Waals surface area (Å²) < 4.78 is 0. The van der Waals surface area contributed by atoms with Crippen LogP contribution in [0.5, 0.6) is 0 Å². The molecule has 1 aliphatic rings. The first kappa shape index (κ1) is 12.9. The highest BCUT2D eigenvalue weighted by atomic mass is 15.4. The predicted octanol–water partition coefficient (Wildman–Crippen LogP) is 2.19. The van der Waals surface area contributed by atoms with Crippen LogP contribution in [0.4, 0.5) is 5.69 Å². The first-order chi connectivity index (χ1) is 8.70. The second-order valence-electron chi connectivity index (χ2n) is 4.93. The molecule has 3 N–H and O–H groups in total. The van der Waals surface area contributed by atoms with Crippen molar-refractivity contribution < 1.29 is 0 Å². The molecule has 0 saturated heterocycles. The Bertz CT molecular complexity index is 422. The minimum Gasteiger partial charge on any atom is -0.315 e. The zero-order valence-corrected chi connectivity index (χ0v) is 11.2. The number of aryl methyl sites for hydroxylation is 1. The number of nitrogens with zero attached hydrogens (tertiary/aromatic N) is 2. The van der Waals surface area contributed by atoms with Crippen LogP contribution in [0.25, 0.3) is 0 Å². The van der Waals surface area contributed by atoms with Gasteiger partial charge in [-0.2, -0.15) is 0 Å². The van der Waals surface area contributed by atoms with Crippen LogP contribution in [0.3, 0.4) is 0 Å². The van der Waals surface area contributed by atoms with Crippen LogP contribution >= 0.6 is 0 Å². The lowest BCUT2D eigenvalue weighted by molar-refractivity contribution is 0.696. The fourth-order valence-electron chi connectivity index (χ4n) is 2.39. The van der Waals surface area contributed by atoms with Crippen molar-refractivity contribution >= 4 is 11.6 Å². The summed E-state index contributed by atoms with van der Waals surface area (Å²) in [5.41, 5.74) is 5.06. The molecular weight excluding hydrogens is 224 g/mol. The van der Waals surface area contributed by atoms with Crippen LogP contribution in [0, 0.1) is 6.92 Å². The van der Waals surface area contributed by atoms with Gasteiger partial charge < -0.3 is 4.90 Å². The largest absolute Gasteiger partial charge is 0.315 e. The maximum absolute atomic E-state index is 5.60. The van der Waals surface area contributed by atoms with E-state index in [1.54, 1.807) is 0 Å². The molecule has 2 rings (SSSR count). The van der Waals surface area contributed by atoms with Crippen LogP contribution in [-0.4, -0.2) is 19.0 Å². The Labute approximate surface area is 109 Å². The molecule has 98 valence electrons. The van der Waals surface area contributed by atoms with Crippen LogP contribution < -0.4 is 16.2 Å².